The molecule has 32 heavy (non-hydrogen) atoms. The van der Waals surface area contributed by atoms with E-state index in [0.717, 1.165) is 23.3 Å². The monoisotopic (exact) mass is 467 g/mol. The fourth-order valence-electron chi connectivity index (χ4n) is 3.93. The minimum Gasteiger partial charge on any atom is -0.490 e. The second-order valence-corrected chi connectivity index (χ2v) is 11.0. The van der Waals surface area contributed by atoms with Gasteiger partial charge in [0.1, 0.15) is 6.54 Å². The molecule has 2 aliphatic carbocycles. The normalized spacial score (nSPS) is 20.2. The summed E-state index contributed by atoms with van der Waals surface area (Å²) in [5.74, 6) is 0.000963. The lowest BCUT2D eigenvalue weighted by atomic mass is 10.1. The molecule has 1 aliphatic heterocycles. The largest absolute Gasteiger partial charge is 0.490 e. The number of urea groups is 1. The van der Waals surface area contributed by atoms with Crippen molar-refractivity contribution >= 4 is 22.0 Å². The SMILES string of the molecule is CN1C(=O)CN(CCCCCS(=O)(=O)NC2(c3ccc(F)c(OCC4CC4)c3)CC2)C1=O. The average molecular weight is 468 g/mol. The van der Waals surface area contributed by atoms with E-state index < -0.39 is 21.4 Å². The maximum atomic E-state index is 14.1. The topological polar surface area (TPSA) is 96.0 Å². The van der Waals surface area contributed by atoms with Crippen LogP contribution in [0.2, 0.25) is 0 Å². The Morgan fingerprint density at radius 2 is 1.94 bits per heavy atom. The van der Waals surface area contributed by atoms with Gasteiger partial charge in [-0.15, -0.1) is 0 Å². The van der Waals surface area contributed by atoms with E-state index in [1.54, 1.807) is 12.1 Å². The Balaban J connectivity index is 1.25. The second kappa shape index (κ2) is 8.97. The fourth-order valence-corrected chi connectivity index (χ4v) is 5.53. The lowest BCUT2D eigenvalue weighted by Gasteiger charge is -2.19. The summed E-state index contributed by atoms with van der Waals surface area (Å²) in [6, 6.07) is 4.28. The first-order chi connectivity index (χ1) is 15.2. The molecule has 10 heteroatoms. The van der Waals surface area contributed by atoms with Crippen molar-refractivity contribution in [3.05, 3.63) is 29.6 Å². The van der Waals surface area contributed by atoms with Crippen LogP contribution >= 0.6 is 0 Å². The number of halogens is 1. The lowest BCUT2D eigenvalue weighted by molar-refractivity contribution is -0.124. The number of nitrogens with zero attached hydrogens (tertiary/aromatic N) is 2. The number of nitrogens with one attached hydrogen (secondary N) is 1. The van der Waals surface area contributed by atoms with Crippen molar-refractivity contribution < 1.29 is 27.1 Å². The molecule has 1 aromatic carbocycles. The Morgan fingerprint density at radius 1 is 1.19 bits per heavy atom. The standard InChI is InChI=1S/C22H30FN3O5S/c1-25-20(27)14-26(21(25)28)11-3-2-4-12-32(29,30)24-22(9-10-22)17-7-8-18(23)19(13-17)31-15-16-5-6-16/h7-8,13,16,24H,2-6,9-12,14-15H2,1H3. The minimum atomic E-state index is -3.52. The van der Waals surface area contributed by atoms with Gasteiger partial charge in [-0.25, -0.2) is 22.3 Å². The zero-order valence-corrected chi connectivity index (χ0v) is 19.1. The highest BCUT2D eigenvalue weighted by Gasteiger charge is 2.47. The summed E-state index contributed by atoms with van der Waals surface area (Å²) < 4.78 is 47.8. The summed E-state index contributed by atoms with van der Waals surface area (Å²) in [6.07, 6.45) is 5.26. The maximum Gasteiger partial charge on any atom is 0.326 e. The number of carbonyl (C=O) groups is 2. The molecule has 1 N–H and O–H groups in total. The molecule has 3 fully saturated rings. The average Bonchev–Trinajstić information content (AvgIpc) is 3.66. The molecule has 0 atom stereocenters. The number of ether oxygens (including phenoxy) is 1. The van der Waals surface area contributed by atoms with Gasteiger partial charge >= 0.3 is 6.03 Å². The van der Waals surface area contributed by atoms with Gasteiger partial charge in [-0.1, -0.05) is 12.5 Å². The summed E-state index contributed by atoms with van der Waals surface area (Å²) in [5.41, 5.74) is 0.0477. The van der Waals surface area contributed by atoms with Crippen molar-refractivity contribution in [3.8, 4) is 5.75 Å². The van der Waals surface area contributed by atoms with Gasteiger partial charge in [0.2, 0.25) is 15.9 Å². The van der Waals surface area contributed by atoms with Gasteiger partial charge in [-0.05, 0) is 62.1 Å². The number of unbranched alkanes of at least 4 members (excludes halogenated alkanes) is 2. The fraction of sp³-hybridized carbons (Fsp3) is 0.636. The third kappa shape index (κ3) is 5.40. The summed E-state index contributed by atoms with van der Waals surface area (Å²) >= 11 is 0. The summed E-state index contributed by atoms with van der Waals surface area (Å²) in [6.45, 7) is 1.01. The molecule has 2 saturated carbocycles. The molecule has 0 unspecified atom stereocenters. The Morgan fingerprint density at radius 3 is 2.56 bits per heavy atom. The first-order valence-electron chi connectivity index (χ1n) is 11.2. The molecular formula is C22H30FN3O5S. The van der Waals surface area contributed by atoms with Gasteiger partial charge in [0.25, 0.3) is 0 Å². The number of sulfonamides is 1. The van der Waals surface area contributed by atoms with Crippen LogP contribution in [0.5, 0.6) is 5.75 Å². The van der Waals surface area contributed by atoms with E-state index in [2.05, 4.69) is 4.72 Å². The summed E-state index contributed by atoms with van der Waals surface area (Å²) in [7, 11) is -2.06. The minimum absolute atomic E-state index is 0.0201. The van der Waals surface area contributed by atoms with E-state index in [0.29, 0.717) is 51.2 Å². The molecule has 1 aromatic rings. The van der Waals surface area contributed by atoms with Crippen LogP contribution in [0.1, 0.15) is 50.5 Å². The predicted octanol–water partition coefficient (Wildman–Crippen LogP) is 2.59. The van der Waals surface area contributed by atoms with Crippen molar-refractivity contribution in [3.63, 3.8) is 0 Å². The number of carbonyl (C=O) groups excluding carboxylic acids is 2. The van der Waals surface area contributed by atoms with E-state index in [9.17, 15) is 22.4 Å². The predicted molar refractivity (Wildman–Crippen MR) is 116 cm³/mol. The van der Waals surface area contributed by atoms with Crippen molar-refractivity contribution in [2.75, 3.05) is 32.5 Å². The molecule has 0 bridgehead atoms. The smallest absolute Gasteiger partial charge is 0.326 e. The zero-order chi connectivity index (χ0) is 22.9. The van der Waals surface area contributed by atoms with Crippen molar-refractivity contribution in [1.29, 1.82) is 0 Å². The van der Waals surface area contributed by atoms with Crippen molar-refractivity contribution in [2.45, 2.75) is 50.5 Å². The van der Waals surface area contributed by atoms with Crippen LogP contribution in [0.15, 0.2) is 18.2 Å². The Bertz CT molecular complexity index is 991. The van der Waals surface area contributed by atoms with Crippen LogP contribution in [0.4, 0.5) is 9.18 Å². The molecule has 3 amide bonds. The van der Waals surface area contributed by atoms with Gasteiger partial charge in [0.15, 0.2) is 11.6 Å². The maximum absolute atomic E-state index is 14.1. The van der Waals surface area contributed by atoms with Crippen LogP contribution < -0.4 is 9.46 Å². The van der Waals surface area contributed by atoms with E-state index in [-0.39, 0.29) is 30.0 Å². The third-order valence-corrected chi connectivity index (χ3v) is 7.88. The number of amides is 3. The first-order valence-corrected chi connectivity index (χ1v) is 12.8. The first kappa shape index (κ1) is 23.0. The molecule has 4 rings (SSSR count). The van der Waals surface area contributed by atoms with Crippen LogP contribution in [-0.4, -0.2) is 62.7 Å². The van der Waals surface area contributed by atoms with Crippen molar-refractivity contribution in [1.82, 2.24) is 14.5 Å². The van der Waals surface area contributed by atoms with Gasteiger partial charge < -0.3 is 9.64 Å². The number of benzene rings is 1. The molecule has 3 aliphatic rings. The summed E-state index contributed by atoms with van der Waals surface area (Å²) in [4.78, 5) is 26.0. The Labute approximate surface area is 188 Å². The van der Waals surface area contributed by atoms with Gasteiger partial charge in [-0.3, -0.25) is 9.69 Å². The van der Waals surface area contributed by atoms with E-state index in [1.807, 2.05) is 0 Å². The molecule has 1 saturated heterocycles. The van der Waals surface area contributed by atoms with E-state index in [4.69, 9.17) is 4.74 Å². The molecular weight excluding hydrogens is 437 g/mol. The molecule has 0 radical (unpaired) electrons. The van der Waals surface area contributed by atoms with Crippen LogP contribution in [0.3, 0.4) is 0 Å². The number of hydrogen-bond acceptors (Lipinski definition) is 5. The Hall–Kier alpha value is -2.20. The van der Waals surface area contributed by atoms with E-state index in [1.165, 1.54) is 18.0 Å². The molecule has 0 spiro atoms. The highest BCUT2D eigenvalue weighted by Crippen LogP contribution is 2.47. The summed E-state index contributed by atoms with van der Waals surface area (Å²) in [5, 5.41) is 0. The highest BCUT2D eigenvalue weighted by molar-refractivity contribution is 7.89. The number of likely N-dealkylation sites (N-methyl/N-ethyl adjacent to an activating group) is 1. The van der Waals surface area contributed by atoms with Gasteiger partial charge in [-0.2, -0.15) is 0 Å². The molecule has 1 heterocycles. The second-order valence-electron chi connectivity index (χ2n) is 9.12. The van der Waals surface area contributed by atoms with Crippen LogP contribution in [0, 0.1) is 11.7 Å². The third-order valence-electron chi connectivity index (χ3n) is 6.35. The number of rotatable bonds is 12. The van der Waals surface area contributed by atoms with Gasteiger partial charge in [0.05, 0.1) is 17.9 Å². The van der Waals surface area contributed by atoms with E-state index >= 15 is 0 Å². The number of imide groups is 1. The Kier molecular flexibility index (Phi) is 6.44. The molecule has 176 valence electrons. The van der Waals surface area contributed by atoms with Crippen molar-refractivity contribution in [2.24, 2.45) is 5.92 Å². The van der Waals surface area contributed by atoms with Crippen LogP contribution in [-0.2, 0) is 20.4 Å². The zero-order valence-electron chi connectivity index (χ0n) is 18.3. The van der Waals surface area contributed by atoms with Crippen LogP contribution in [0.25, 0.3) is 0 Å². The molecule has 8 nitrogen and oxygen atoms in total. The highest BCUT2D eigenvalue weighted by atomic mass is 32.2. The lowest BCUT2D eigenvalue weighted by Crippen LogP contribution is -2.36. The van der Waals surface area contributed by atoms with Gasteiger partial charge in [0, 0.05) is 13.6 Å². The molecule has 0 aromatic heterocycles. The quantitative estimate of drug-likeness (QED) is 0.377. The number of hydrogen-bond donors (Lipinski definition) is 1.